The van der Waals surface area contributed by atoms with Crippen molar-refractivity contribution in [2.24, 2.45) is 0 Å². The largest absolute Gasteiger partial charge is 0.494 e. The molecule has 2 nitrogen and oxygen atoms in total. The molecule has 0 spiro atoms. The third kappa shape index (κ3) is 2.83. The number of hydrogen-bond acceptors (Lipinski definition) is 2. The van der Waals surface area contributed by atoms with Gasteiger partial charge in [-0.1, -0.05) is 28.1 Å². The van der Waals surface area contributed by atoms with E-state index in [0.29, 0.717) is 6.42 Å². The van der Waals surface area contributed by atoms with Gasteiger partial charge in [0.15, 0.2) is 0 Å². The second kappa shape index (κ2) is 6.05. The summed E-state index contributed by atoms with van der Waals surface area (Å²) in [6, 6.07) is 10.7. The van der Waals surface area contributed by atoms with Crippen molar-refractivity contribution in [3.05, 3.63) is 69.6 Å². The van der Waals surface area contributed by atoms with Crippen LogP contribution < -0.4 is 4.74 Å². The molecule has 0 saturated heterocycles. The van der Waals surface area contributed by atoms with Gasteiger partial charge in [-0.2, -0.15) is 0 Å². The number of ether oxygens (including phenoxy) is 1. The van der Waals surface area contributed by atoms with Gasteiger partial charge in [-0.15, -0.1) is 0 Å². The molecule has 0 fully saturated rings. The molecule has 0 saturated carbocycles. The summed E-state index contributed by atoms with van der Waals surface area (Å²) in [6.45, 7) is 2.00. The zero-order chi connectivity index (χ0) is 15.7. The zero-order valence-corrected chi connectivity index (χ0v) is 13.9. The Morgan fingerprint density at radius 3 is 2.55 bits per heavy atom. The van der Waals surface area contributed by atoms with Crippen LogP contribution in [-0.4, -0.2) is 12.1 Å². The summed E-state index contributed by atoms with van der Waals surface area (Å²) in [7, 11) is 1.66. The van der Waals surface area contributed by atoms with Crippen molar-refractivity contribution >= 4 is 26.8 Å². The van der Waals surface area contributed by atoms with Gasteiger partial charge < -0.3 is 4.74 Å². The lowest BCUT2D eigenvalue weighted by atomic mass is 10.0. The molecule has 112 valence electrons. The van der Waals surface area contributed by atoms with Crippen LogP contribution in [0.25, 0.3) is 10.9 Å². The number of nitrogens with zero attached hydrogens (tertiary/aromatic N) is 1. The minimum Gasteiger partial charge on any atom is -0.494 e. The van der Waals surface area contributed by atoms with Crippen LogP contribution in [0, 0.1) is 12.7 Å². The van der Waals surface area contributed by atoms with Gasteiger partial charge in [0.1, 0.15) is 17.1 Å². The van der Waals surface area contributed by atoms with Crippen LogP contribution in [0.1, 0.15) is 16.7 Å². The zero-order valence-electron chi connectivity index (χ0n) is 12.4. The maximum Gasteiger partial charge on any atom is 0.148 e. The third-order valence-corrected chi connectivity index (χ3v) is 4.30. The van der Waals surface area contributed by atoms with E-state index in [4.69, 9.17) is 4.74 Å². The normalized spacial score (nSPS) is 10.9. The first-order valence-electron chi connectivity index (χ1n) is 6.94. The molecule has 0 N–H and O–H groups in total. The summed E-state index contributed by atoms with van der Waals surface area (Å²) >= 11 is 3.60. The lowest BCUT2D eigenvalue weighted by Crippen LogP contribution is -1.95. The SMILES string of the molecule is COc1c(C)cc(Br)c2cc(Cc3ccc(F)cc3)cnc12. The molecule has 3 rings (SSSR count). The summed E-state index contributed by atoms with van der Waals surface area (Å²) in [5.41, 5.74) is 4.02. The maximum absolute atomic E-state index is 13.0. The number of rotatable bonds is 3. The smallest absolute Gasteiger partial charge is 0.148 e. The highest BCUT2D eigenvalue weighted by Gasteiger charge is 2.11. The molecule has 0 unspecified atom stereocenters. The van der Waals surface area contributed by atoms with E-state index in [-0.39, 0.29) is 5.82 Å². The van der Waals surface area contributed by atoms with Gasteiger partial charge in [0, 0.05) is 16.1 Å². The van der Waals surface area contributed by atoms with E-state index in [2.05, 4.69) is 27.0 Å². The van der Waals surface area contributed by atoms with E-state index in [1.165, 1.54) is 12.1 Å². The van der Waals surface area contributed by atoms with Gasteiger partial charge >= 0.3 is 0 Å². The Morgan fingerprint density at radius 2 is 1.86 bits per heavy atom. The van der Waals surface area contributed by atoms with E-state index >= 15 is 0 Å². The first kappa shape index (κ1) is 15.0. The molecule has 4 heteroatoms. The highest BCUT2D eigenvalue weighted by molar-refractivity contribution is 9.10. The average Bonchev–Trinajstić information content (AvgIpc) is 2.50. The molecule has 1 heterocycles. The Balaban J connectivity index is 2.04. The Labute approximate surface area is 137 Å². The van der Waals surface area contributed by atoms with Gasteiger partial charge in [-0.25, -0.2) is 4.39 Å². The molecular weight excluding hydrogens is 345 g/mol. The van der Waals surface area contributed by atoms with Crippen molar-refractivity contribution in [1.82, 2.24) is 4.98 Å². The minimum absolute atomic E-state index is 0.219. The topological polar surface area (TPSA) is 22.1 Å². The molecule has 2 aromatic carbocycles. The molecule has 3 aromatic rings. The van der Waals surface area contributed by atoms with Gasteiger partial charge in [0.05, 0.1) is 7.11 Å². The van der Waals surface area contributed by atoms with Gasteiger partial charge in [-0.05, 0) is 54.3 Å². The Bertz CT molecular complexity index is 831. The second-order valence-corrected chi connectivity index (χ2v) is 6.11. The first-order valence-corrected chi connectivity index (χ1v) is 7.74. The summed E-state index contributed by atoms with van der Waals surface area (Å²) < 4.78 is 19.4. The van der Waals surface area contributed by atoms with Crippen molar-refractivity contribution in [3.63, 3.8) is 0 Å². The summed E-state index contributed by atoms with van der Waals surface area (Å²) in [6.07, 6.45) is 2.56. The fourth-order valence-electron chi connectivity index (χ4n) is 2.58. The minimum atomic E-state index is -0.219. The molecule has 0 aliphatic carbocycles. The number of fused-ring (bicyclic) bond motifs is 1. The molecule has 0 amide bonds. The maximum atomic E-state index is 13.0. The quantitative estimate of drug-likeness (QED) is 0.653. The van der Waals surface area contributed by atoms with Gasteiger partial charge in [0.2, 0.25) is 0 Å². The van der Waals surface area contributed by atoms with E-state index in [1.54, 1.807) is 19.2 Å². The molecule has 0 atom stereocenters. The lowest BCUT2D eigenvalue weighted by molar-refractivity contribution is 0.416. The predicted octanol–water partition coefficient (Wildman–Crippen LogP) is 5.04. The summed E-state index contributed by atoms with van der Waals surface area (Å²) in [4.78, 5) is 4.56. The van der Waals surface area contributed by atoms with Gasteiger partial charge in [-0.3, -0.25) is 4.98 Å². The molecular formula is C18H15BrFNO. The van der Waals surface area contributed by atoms with E-state index in [0.717, 1.165) is 37.8 Å². The number of hydrogen-bond donors (Lipinski definition) is 0. The Hall–Kier alpha value is -1.94. The van der Waals surface area contributed by atoms with E-state index in [9.17, 15) is 4.39 Å². The Morgan fingerprint density at radius 1 is 1.14 bits per heavy atom. The fraction of sp³-hybridized carbons (Fsp3) is 0.167. The lowest BCUT2D eigenvalue weighted by Gasteiger charge is -2.11. The number of halogens is 2. The summed E-state index contributed by atoms with van der Waals surface area (Å²) in [5, 5.41) is 1.02. The highest BCUT2D eigenvalue weighted by atomic mass is 79.9. The number of benzene rings is 2. The number of aromatic nitrogens is 1. The molecule has 0 radical (unpaired) electrons. The van der Waals surface area contributed by atoms with E-state index in [1.807, 2.05) is 19.2 Å². The molecule has 0 aliphatic rings. The van der Waals surface area contributed by atoms with Crippen molar-refractivity contribution in [2.75, 3.05) is 7.11 Å². The van der Waals surface area contributed by atoms with Crippen molar-refractivity contribution < 1.29 is 9.13 Å². The second-order valence-electron chi connectivity index (χ2n) is 5.25. The number of pyridine rings is 1. The number of methoxy groups -OCH3 is 1. The average molecular weight is 360 g/mol. The fourth-order valence-corrected chi connectivity index (χ4v) is 3.23. The van der Waals surface area contributed by atoms with Crippen molar-refractivity contribution in [2.45, 2.75) is 13.3 Å². The molecule has 22 heavy (non-hydrogen) atoms. The van der Waals surface area contributed by atoms with Crippen LogP contribution in [0.15, 0.2) is 47.1 Å². The van der Waals surface area contributed by atoms with Crippen LogP contribution in [0.3, 0.4) is 0 Å². The molecule has 1 aromatic heterocycles. The molecule has 0 bridgehead atoms. The summed E-state index contributed by atoms with van der Waals surface area (Å²) in [5.74, 6) is 0.579. The van der Waals surface area contributed by atoms with Crippen molar-refractivity contribution in [1.29, 1.82) is 0 Å². The monoisotopic (exact) mass is 359 g/mol. The molecule has 0 aliphatic heterocycles. The van der Waals surface area contributed by atoms with Crippen LogP contribution in [0.2, 0.25) is 0 Å². The van der Waals surface area contributed by atoms with Crippen LogP contribution in [0.4, 0.5) is 4.39 Å². The number of aryl methyl sites for hydroxylation is 1. The highest BCUT2D eigenvalue weighted by Crippen LogP contribution is 2.34. The predicted molar refractivity (Wildman–Crippen MR) is 89.9 cm³/mol. The van der Waals surface area contributed by atoms with Crippen LogP contribution >= 0.6 is 15.9 Å². The first-order chi connectivity index (χ1) is 10.6. The van der Waals surface area contributed by atoms with Gasteiger partial charge in [0.25, 0.3) is 0 Å². The van der Waals surface area contributed by atoms with E-state index < -0.39 is 0 Å². The third-order valence-electron chi connectivity index (χ3n) is 3.64. The van der Waals surface area contributed by atoms with Crippen LogP contribution in [-0.2, 0) is 6.42 Å². The Kier molecular flexibility index (Phi) is 4.12. The van der Waals surface area contributed by atoms with Crippen molar-refractivity contribution in [3.8, 4) is 5.75 Å². The van der Waals surface area contributed by atoms with Crippen LogP contribution in [0.5, 0.6) is 5.75 Å². The standard InChI is InChI=1S/C18H15BrFNO/c1-11-7-16(19)15-9-13(10-21-17(15)18(11)22-2)8-12-3-5-14(20)6-4-12/h3-7,9-10H,8H2,1-2H3.